The second-order valence-corrected chi connectivity index (χ2v) is 6.48. The average molecular weight is 383 g/mol. The summed E-state index contributed by atoms with van der Waals surface area (Å²) in [6.45, 7) is 0.577. The molecule has 2 heterocycles. The molecule has 27 heavy (non-hydrogen) atoms. The Balaban J connectivity index is 1.81. The first-order valence-electron chi connectivity index (χ1n) is 8.65. The van der Waals surface area contributed by atoms with Crippen LogP contribution in [0.1, 0.15) is 35.3 Å². The van der Waals surface area contributed by atoms with Crippen LogP contribution in [0.5, 0.6) is 0 Å². The number of hydrogen-bond acceptors (Lipinski definition) is 3. The van der Waals surface area contributed by atoms with Crippen LogP contribution in [-0.4, -0.2) is 48.1 Å². The zero-order chi connectivity index (χ0) is 19.6. The van der Waals surface area contributed by atoms with Gasteiger partial charge in [0.15, 0.2) is 0 Å². The summed E-state index contributed by atoms with van der Waals surface area (Å²) in [7, 11) is 1.45. The highest BCUT2D eigenvalue weighted by molar-refractivity contribution is 5.98. The Hall–Kier alpha value is -2.71. The number of ether oxygens (including phenoxy) is 1. The maximum absolute atomic E-state index is 12.9. The van der Waals surface area contributed by atoms with Gasteiger partial charge in [0.2, 0.25) is 0 Å². The van der Waals surface area contributed by atoms with E-state index in [1.54, 1.807) is 11.0 Å². The minimum atomic E-state index is -4.45. The predicted molar refractivity (Wildman–Crippen MR) is 92.4 cm³/mol. The number of piperidine rings is 1. The number of halogens is 3. The SMILES string of the molecule is CNC(=O)OCC1CCCCN1C(=O)c1cc2ccc(C(F)(F)F)cc2[nH]1. The maximum atomic E-state index is 12.9. The van der Waals surface area contributed by atoms with Crippen LogP contribution in [0.2, 0.25) is 0 Å². The fourth-order valence-corrected chi connectivity index (χ4v) is 3.26. The molecule has 1 fully saturated rings. The predicted octanol–water partition coefficient (Wildman–Crippen LogP) is 3.54. The van der Waals surface area contributed by atoms with Gasteiger partial charge in [-0.3, -0.25) is 4.79 Å². The quantitative estimate of drug-likeness (QED) is 0.851. The van der Waals surface area contributed by atoms with Crippen LogP contribution < -0.4 is 5.32 Å². The van der Waals surface area contributed by atoms with Gasteiger partial charge in [0.05, 0.1) is 11.6 Å². The first kappa shape index (κ1) is 19.1. The third-order valence-electron chi connectivity index (χ3n) is 4.68. The number of aromatic nitrogens is 1. The number of fused-ring (bicyclic) bond motifs is 1. The molecule has 0 bridgehead atoms. The minimum absolute atomic E-state index is 0.0733. The lowest BCUT2D eigenvalue weighted by molar-refractivity contribution is -0.137. The fourth-order valence-electron chi connectivity index (χ4n) is 3.26. The van der Waals surface area contributed by atoms with Crippen LogP contribution in [-0.2, 0) is 10.9 Å². The third-order valence-corrected chi connectivity index (χ3v) is 4.68. The van der Waals surface area contributed by atoms with Crippen LogP contribution in [0.3, 0.4) is 0 Å². The molecule has 9 heteroatoms. The maximum Gasteiger partial charge on any atom is 0.416 e. The molecule has 0 spiro atoms. The number of nitrogens with zero attached hydrogens (tertiary/aromatic N) is 1. The number of likely N-dealkylation sites (tertiary alicyclic amines) is 1. The smallest absolute Gasteiger partial charge is 0.416 e. The normalized spacial score (nSPS) is 17.8. The van der Waals surface area contributed by atoms with E-state index < -0.39 is 17.8 Å². The lowest BCUT2D eigenvalue weighted by Crippen LogP contribution is -2.46. The number of alkyl halides is 3. The van der Waals surface area contributed by atoms with Crippen molar-refractivity contribution in [3.63, 3.8) is 0 Å². The Morgan fingerprint density at radius 1 is 1.30 bits per heavy atom. The molecule has 0 aliphatic carbocycles. The molecule has 0 radical (unpaired) electrons. The van der Waals surface area contributed by atoms with E-state index >= 15 is 0 Å². The zero-order valence-electron chi connectivity index (χ0n) is 14.7. The number of carbonyl (C=O) groups is 2. The fraction of sp³-hybridized carbons (Fsp3) is 0.444. The highest BCUT2D eigenvalue weighted by Gasteiger charge is 2.32. The topological polar surface area (TPSA) is 74.4 Å². The van der Waals surface area contributed by atoms with Gasteiger partial charge in [-0.05, 0) is 37.5 Å². The van der Waals surface area contributed by atoms with Gasteiger partial charge < -0.3 is 19.9 Å². The van der Waals surface area contributed by atoms with Gasteiger partial charge in [-0.25, -0.2) is 4.79 Å². The summed E-state index contributed by atoms with van der Waals surface area (Å²) < 4.78 is 43.7. The molecule has 1 saturated heterocycles. The Morgan fingerprint density at radius 2 is 2.07 bits per heavy atom. The number of rotatable bonds is 3. The highest BCUT2D eigenvalue weighted by Crippen LogP contribution is 2.31. The third kappa shape index (κ3) is 4.17. The van der Waals surface area contributed by atoms with Gasteiger partial charge in [-0.2, -0.15) is 13.2 Å². The standard InChI is InChI=1S/C18H20F3N3O3/c1-22-17(26)27-10-13-4-2-3-7-24(13)16(25)15-8-11-5-6-12(18(19,20)21)9-14(11)23-15/h5-6,8-9,13,23H,2-4,7,10H2,1H3,(H,22,26). The van der Waals surface area contributed by atoms with Crippen LogP contribution in [0.15, 0.2) is 24.3 Å². The van der Waals surface area contributed by atoms with Gasteiger partial charge >= 0.3 is 12.3 Å². The number of alkyl carbamates (subject to hydrolysis) is 1. The van der Waals surface area contributed by atoms with Gasteiger partial charge in [-0.1, -0.05) is 6.07 Å². The zero-order valence-corrected chi connectivity index (χ0v) is 14.7. The summed E-state index contributed by atoms with van der Waals surface area (Å²) >= 11 is 0. The summed E-state index contributed by atoms with van der Waals surface area (Å²) in [5.74, 6) is -0.315. The Labute approximate surface area is 153 Å². The second-order valence-electron chi connectivity index (χ2n) is 6.48. The van der Waals surface area contributed by atoms with Crippen molar-refractivity contribution in [2.45, 2.75) is 31.5 Å². The number of amides is 2. The number of hydrogen-bond donors (Lipinski definition) is 2. The first-order valence-corrected chi connectivity index (χ1v) is 8.65. The molecular weight excluding hydrogens is 363 g/mol. The molecule has 1 aromatic carbocycles. The van der Waals surface area contributed by atoms with E-state index in [2.05, 4.69) is 10.3 Å². The Bertz CT molecular complexity index is 847. The van der Waals surface area contributed by atoms with Gasteiger partial charge in [0.25, 0.3) is 5.91 Å². The van der Waals surface area contributed by atoms with Crippen LogP contribution in [0.4, 0.5) is 18.0 Å². The molecule has 146 valence electrons. The van der Waals surface area contributed by atoms with Crippen molar-refractivity contribution in [2.75, 3.05) is 20.2 Å². The lowest BCUT2D eigenvalue weighted by atomic mass is 10.0. The summed E-state index contributed by atoms with van der Waals surface area (Å²) in [4.78, 5) is 28.6. The summed E-state index contributed by atoms with van der Waals surface area (Å²) in [5.41, 5.74) is -0.301. The van der Waals surface area contributed by atoms with Crippen molar-refractivity contribution in [3.8, 4) is 0 Å². The molecule has 2 amide bonds. The highest BCUT2D eigenvalue weighted by atomic mass is 19.4. The van der Waals surface area contributed by atoms with Gasteiger partial charge in [-0.15, -0.1) is 0 Å². The molecule has 1 aromatic heterocycles. The molecular formula is C18H20F3N3O3. The number of carbonyl (C=O) groups excluding carboxylic acids is 2. The van der Waals surface area contributed by atoms with Crippen molar-refractivity contribution in [3.05, 3.63) is 35.5 Å². The molecule has 3 rings (SSSR count). The molecule has 6 nitrogen and oxygen atoms in total. The molecule has 1 aliphatic heterocycles. The number of nitrogens with one attached hydrogen (secondary N) is 2. The largest absolute Gasteiger partial charge is 0.447 e. The molecule has 1 unspecified atom stereocenters. The van der Waals surface area contributed by atoms with Crippen LogP contribution in [0, 0.1) is 0 Å². The Morgan fingerprint density at radius 3 is 2.78 bits per heavy atom. The molecule has 1 aliphatic rings. The number of H-pyrrole nitrogens is 1. The summed E-state index contributed by atoms with van der Waals surface area (Å²) in [6, 6.07) is 4.61. The van der Waals surface area contributed by atoms with Crippen molar-refractivity contribution < 1.29 is 27.5 Å². The molecule has 2 N–H and O–H groups in total. The number of aromatic amines is 1. The van der Waals surface area contributed by atoms with E-state index in [4.69, 9.17) is 4.74 Å². The Kier molecular flexibility index (Phi) is 5.29. The van der Waals surface area contributed by atoms with Crippen molar-refractivity contribution in [1.82, 2.24) is 15.2 Å². The first-order chi connectivity index (χ1) is 12.8. The van der Waals surface area contributed by atoms with Crippen LogP contribution >= 0.6 is 0 Å². The molecule has 0 saturated carbocycles. The monoisotopic (exact) mass is 383 g/mol. The number of benzene rings is 1. The van der Waals surface area contributed by atoms with E-state index in [1.165, 1.54) is 13.1 Å². The second kappa shape index (κ2) is 7.50. The van der Waals surface area contributed by atoms with Gasteiger partial charge in [0.1, 0.15) is 12.3 Å². The minimum Gasteiger partial charge on any atom is -0.447 e. The van der Waals surface area contributed by atoms with E-state index in [-0.39, 0.29) is 29.8 Å². The summed E-state index contributed by atoms with van der Waals surface area (Å²) in [6.07, 6.45) is -2.59. The van der Waals surface area contributed by atoms with E-state index in [0.29, 0.717) is 18.4 Å². The molecule has 1 atom stereocenters. The van der Waals surface area contributed by atoms with Crippen molar-refractivity contribution in [1.29, 1.82) is 0 Å². The average Bonchev–Trinajstić information content (AvgIpc) is 3.08. The lowest BCUT2D eigenvalue weighted by Gasteiger charge is -2.35. The van der Waals surface area contributed by atoms with Crippen LogP contribution in [0.25, 0.3) is 10.9 Å². The van der Waals surface area contributed by atoms with Crippen molar-refractivity contribution in [2.24, 2.45) is 0 Å². The van der Waals surface area contributed by atoms with E-state index in [9.17, 15) is 22.8 Å². The molecule has 2 aromatic rings. The van der Waals surface area contributed by atoms with Gasteiger partial charge in [0, 0.05) is 24.5 Å². The van der Waals surface area contributed by atoms with E-state index in [1.807, 2.05) is 0 Å². The van der Waals surface area contributed by atoms with Crippen molar-refractivity contribution >= 4 is 22.9 Å². The summed E-state index contributed by atoms with van der Waals surface area (Å²) in [5, 5.41) is 2.88. The van der Waals surface area contributed by atoms with E-state index in [0.717, 1.165) is 25.0 Å².